The zero-order chi connectivity index (χ0) is 11.0. The first kappa shape index (κ1) is 9.06. The van der Waals surface area contributed by atoms with Gasteiger partial charge in [0.1, 0.15) is 5.70 Å². The summed E-state index contributed by atoms with van der Waals surface area (Å²) in [6, 6.07) is 7.63. The van der Waals surface area contributed by atoms with Gasteiger partial charge in [-0.3, -0.25) is 5.21 Å². The zero-order valence-electron chi connectivity index (χ0n) is 8.41. The lowest BCUT2D eigenvalue weighted by Crippen LogP contribution is -2.19. The second kappa shape index (κ2) is 3.43. The van der Waals surface area contributed by atoms with Gasteiger partial charge in [0, 0.05) is 6.20 Å². The molecule has 0 amide bonds. The summed E-state index contributed by atoms with van der Waals surface area (Å²) in [6.07, 6.45) is 6.90. The second-order valence-corrected chi connectivity index (χ2v) is 3.47. The fraction of sp³-hybridized carbons (Fsp3) is 0. The highest BCUT2D eigenvalue weighted by Gasteiger charge is 2.12. The van der Waals surface area contributed by atoms with Gasteiger partial charge in [-0.2, -0.15) is 0 Å². The van der Waals surface area contributed by atoms with Crippen LogP contribution in [0.4, 0.5) is 0 Å². The first-order chi connectivity index (χ1) is 7.84. The van der Waals surface area contributed by atoms with Gasteiger partial charge in [0.05, 0.1) is 10.7 Å². The molecule has 0 bridgehead atoms. The van der Waals surface area contributed by atoms with Crippen molar-refractivity contribution < 1.29 is 5.21 Å². The van der Waals surface area contributed by atoms with Gasteiger partial charge in [0.2, 0.25) is 0 Å². The smallest absolute Gasteiger partial charge is 0.179 e. The van der Waals surface area contributed by atoms with Gasteiger partial charge in [0.25, 0.3) is 0 Å². The predicted octanol–water partition coefficient (Wildman–Crippen LogP) is 0.883. The van der Waals surface area contributed by atoms with E-state index in [0.29, 0.717) is 11.5 Å². The summed E-state index contributed by atoms with van der Waals surface area (Å²) in [5.41, 5.74) is 0.582. The Morgan fingerprint density at radius 1 is 1.00 bits per heavy atom. The number of allylic oxidation sites excluding steroid dienone is 3. The molecule has 16 heavy (non-hydrogen) atoms. The van der Waals surface area contributed by atoms with Gasteiger partial charge in [-0.25, -0.2) is 15.0 Å². The van der Waals surface area contributed by atoms with Gasteiger partial charge < -0.3 is 0 Å². The van der Waals surface area contributed by atoms with Crippen molar-refractivity contribution in [2.45, 2.75) is 0 Å². The highest BCUT2D eigenvalue weighted by Crippen LogP contribution is 2.16. The lowest BCUT2D eigenvalue weighted by atomic mass is 10.3. The zero-order valence-corrected chi connectivity index (χ0v) is 8.41. The van der Waals surface area contributed by atoms with E-state index in [0.717, 1.165) is 15.8 Å². The average Bonchev–Trinajstić information content (AvgIpc) is 2.73. The van der Waals surface area contributed by atoms with E-state index < -0.39 is 0 Å². The van der Waals surface area contributed by atoms with Crippen LogP contribution >= 0.6 is 0 Å². The van der Waals surface area contributed by atoms with Crippen molar-refractivity contribution in [2.24, 2.45) is 9.98 Å². The minimum Gasteiger partial charge on any atom is -0.284 e. The molecule has 0 fully saturated rings. The maximum atomic E-state index is 9.63. The van der Waals surface area contributed by atoms with E-state index in [4.69, 9.17) is 0 Å². The van der Waals surface area contributed by atoms with Crippen molar-refractivity contribution in [3.8, 4) is 0 Å². The quantitative estimate of drug-likeness (QED) is 0.692. The molecule has 4 heteroatoms. The summed E-state index contributed by atoms with van der Waals surface area (Å²) in [5.74, 6) is 0.532. The summed E-state index contributed by atoms with van der Waals surface area (Å²) in [5, 5.41) is 12.3. The van der Waals surface area contributed by atoms with Gasteiger partial charge in [-0.05, 0) is 24.3 Å². The van der Waals surface area contributed by atoms with Gasteiger partial charge in [-0.1, -0.05) is 18.2 Å². The lowest BCUT2D eigenvalue weighted by Gasteiger charge is -2.15. The molecule has 78 valence electrons. The maximum Gasteiger partial charge on any atom is 0.179 e. The Labute approximate surface area is 91.8 Å². The van der Waals surface area contributed by atoms with E-state index in [-0.39, 0.29) is 0 Å². The summed E-state index contributed by atoms with van der Waals surface area (Å²) >= 11 is 0. The Kier molecular flexibility index (Phi) is 1.94. The molecular weight excluding hydrogens is 202 g/mol. The van der Waals surface area contributed by atoms with Crippen LogP contribution in [0.5, 0.6) is 0 Å². The fourth-order valence-corrected chi connectivity index (χ4v) is 1.63. The third-order valence-electron chi connectivity index (χ3n) is 2.40. The summed E-state index contributed by atoms with van der Waals surface area (Å²) in [6.45, 7) is 0. The van der Waals surface area contributed by atoms with Gasteiger partial charge >= 0.3 is 0 Å². The molecule has 2 heterocycles. The highest BCUT2D eigenvalue weighted by atomic mass is 16.5. The van der Waals surface area contributed by atoms with Crippen molar-refractivity contribution in [2.75, 3.05) is 0 Å². The van der Waals surface area contributed by atoms with E-state index in [9.17, 15) is 5.21 Å². The molecule has 1 N–H and O–H groups in total. The van der Waals surface area contributed by atoms with E-state index in [1.54, 1.807) is 18.4 Å². The molecule has 0 saturated heterocycles. The normalized spacial score (nSPS) is 17.2. The number of hydrogen-bond donors (Lipinski definition) is 1. The molecule has 0 saturated carbocycles. The molecule has 0 unspecified atom stereocenters. The van der Waals surface area contributed by atoms with Crippen LogP contribution in [0.2, 0.25) is 0 Å². The summed E-state index contributed by atoms with van der Waals surface area (Å²) in [7, 11) is 0. The van der Waals surface area contributed by atoms with Crippen LogP contribution < -0.4 is 10.7 Å². The van der Waals surface area contributed by atoms with Crippen LogP contribution in [0.3, 0.4) is 0 Å². The molecule has 2 aliphatic heterocycles. The van der Waals surface area contributed by atoms with Crippen molar-refractivity contribution in [1.29, 1.82) is 0 Å². The van der Waals surface area contributed by atoms with E-state index >= 15 is 0 Å². The van der Waals surface area contributed by atoms with Crippen molar-refractivity contribution in [1.82, 2.24) is 5.06 Å². The van der Waals surface area contributed by atoms with Crippen LogP contribution in [0.15, 0.2) is 70.2 Å². The third kappa shape index (κ3) is 1.36. The predicted molar refractivity (Wildman–Crippen MR) is 57.7 cm³/mol. The number of hydrogen-bond acceptors (Lipinski definition) is 4. The molecule has 4 nitrogen and oxygen atoms in total. The van der Waals surface area contributed by atoms with Crippen molar-refractivity contribution in [3.05, 3.63) is 70.9 Å². The Balaban J connectivity index is 2.19. The van der Waals surface area contributed by atoms with Crippen LogP contribution in [0.25, 0.3) is 0 Å². The number of nitrogens with zero attached hydrogens (tertiary/aromatic N) is 3. The molecule has 0 atom stereocenters. The first-order valence-corrected chi connectivity index (χ1v) is 4.94. The summed E-state index contributed by atoms with van der Waals surface area (Å²) in [4.78, 5) is 8.70. The molecule has 0 spiro atoms. The Hall–Kier alpha value is -2.20. The minimum atomic E-state index is 0.532. The molecule has 1 aromatic carbocycles. The number of para-hydroxylation sites is 2. The molecule has 2 aliphatic rings. The average molecular weight is 211 g/mol. The van der Waals surface area contributed by atoms with E-state index in [1.807, 2.05) is 30.3 Å². The van der Waals surface area contributed by atoms with Gasteiger partial charge in [-0.15, -0.1) is 0 Å². The number of rotatable bonds is 0. The topological polar surface area (TPSA) is 48.2 Å². The number of hydroxylamine groups is 2. The molecule has 0 aromatic heterocycles. The fourth-order valence-electron chi connectivity index (χ4n) is 1.63. The Morgan fingerprint density at radius 2 is 1.69 bits per heavy atom. The molecule has 0 radical (unpaired) electrons. The van der Waals surface area contributed by atoms with Gasteiger partial charge in [0.15, 0.2) is 5.82 Å². The number of fused-ring (bicyclic) bond motifs is 1. The molecule has 3 rings (SSSR count). The standard InChI is InChI=1S/C12H9N3O/c16-15-8-4-3-7-11(15)12-13-9-5-1-2-6-10(9)14-12/h1-8,16H. The minimum absolute atomic E-state index is 0.532. The monoisotopic (exact) mass is 211 g/mol. The maximum absolute atomic E-state index is 9.63. The third-order valence-corrected chi connectivity index (χ3v) is 2.40. The van der Waals surface area contributed by atoms with Crippen LogP contribution in [0, 0.1) is 0 Å². The largest absolute Gasteiger partial charge is 0.284 e. The highest BCUT2D eigenvalue weighted by molar-refractivity contribution is 5.31. The Bertz CT molecular complexity index is 603. The van der Waals surface area contributed by atoms with E-state index in [1.165, 1.54) is 0 Å². The lowest BCUT2D eigenvalue weighted by molar-refractivity contribution is -0.00153. The van der Waals surface area contributed by atoms with Crippen LogP contribution in [0.1, 0.15) is 0 Å². The first-order valence-electron chi connectivity index (χ1n) is 4.94. The Morgan fingerprint density at radius 3 is 2.31 bits per heavy atom. The van der Waals surface area contributed by atoms with Crippen LogP contribution in [-0.2, 0) is 0 Å². The molecule has 1 aromatic rings. The molecular formula is C12H9N3O. The number of benzene rings is 1. The van der Waals surface area contributed by atoms with Crippen molar-refractivity contribution in [3.63, 3.8) is 0 Å². The SMILES string of the molecule is ON1C=CC=CC1=C1N=c2ccccc2=N1. The van der Waals surface area contributed by atoms with Crippen molar-refractivity contribution >= 4 is 0 Å². The van der Waals surface area contributed by atoms with E-state index in [2.05, 4.69) is 9.98 Å². The molecule has 0 aliphatic carbocycles. The van der Waals surface area contributed by atoms with Crippen LogP contribution in [-0.4, -0.2) is 10.3 Å². The summed E-state index contributed by atoms with van der Waals surface area (Å²) < 4.78 is 0. The second-order valence-electron chi connectivity index (χ2n) is 3.47.